The summed E-state index contributed by atoms with van der Waals surface area (Å²) < 4.78 is 6.12. The van der Waals surface area contributed by atoms with E-state index in [9.17, 15) is 9.59 Å². The third-order valence-electron chi connectivity index (χ3n) is 4.66. The van der Waals surface area contributed by atoms with Crippen molar-refractivity contribution in [3.05, 3.63) is 87.9 Å². The van der Waals surface area contributed by atoms with Crippen LogP contribution in [0.25, 0.3) is 0 Å². The number of amides is 3. The molecule has 8 heteroatoms. The molecule has 0 saturated heterocycles. The average Bonchev–Trinajstić information content (AvgIpc) is 2.79. The fourth-order valence-electron chi connectivity index (χ4n) is 3.01. The van der Waals surface area contributed by atoms with E-state index >= 15 is 0 Å². The summed E-state index contributed by atoms with van der Waals surface area (Å²) in [5.74, 6) is 0.544. The van der Waals surface area contributed by atoms with Crippen molar-refractivity contribution in [3.63, 3.8) is 0 Å². The van der Waals surface area contributed by atoms with Gasteiger partial charge in [0.2, 0.25) is 0 Å². The highest BCUT2D eigenvalue weighted by Gasteiger charge is 2.16. The minimum atomic E-state index is -0.295. The third kappa shape index (κ3) is 6.73. The summed E-state index contributed by atoms with van der Waals surface area (Å²) in [5.41, 5.74) is 1.90. The second-order valence-electron chi connectivity index (χ2n) is 6.91. The molecule has 3 rings (SSSR count). The minimum absolute atomic E-state index is 0.156. The molecule has 0 heterocycles. The van der Waals surface area contributed by atoms with Gasteiger partial charge in [-0.1, -0.05) is 33.6 Å². The van der Waals surface area contributed by atoms with Crippen LogP contribution in [0.5, 0.6) is 5.75 Å². The van der Waals surface area contributed by atoms with E-state index in [0.29, 0.717) is 47.2 Å². The standard InChI is InChI=1S/C24H23BrClN3O3/c1-32-22-12-10-21(11-13-22)29(24(31)28-20-5-2-4-19(26)16-20)15-3-14-27-23(30)17-6-8-18(25)9-7-17/h2,4-13,16H,3,14-15H2,1H3,(H,27,30)(H,28,31). The number of methoxy groups -OCH3 is 1. The first kappa shape index (κ1) is 23.6. The van der Waals surface area contributed by atoms with Gasteiger partial charge in [-0.3, -0.25) is 9.69 Å². The highest BCUT2D eigenvalue weighted by molar-refractivity contribution is 9.10. The Morgan fingerprint density at radius 3 is 2.41 bits per heavy atom. The Balaban J connectivity index is 1.64. The van der Waals surface area contributed by atoms with E-state index in [1.54, 1.807) is 60.5 Å². The molecule has 0 saturated carbocycles. The SMILES string of the molecule is COc1ccc(N(CCCNC(=O)c2ccc(Br)cc2)C(=O)Nc2cccc(Cl)c2)cc1. The highest BCUT2D eigenvalue weighted by atomic mass is 79.9. The van der Waals surface area contributed by atoms with Crippen LogP contribution < -0.4 is 20.3 Å². The number of anilines is 2. The van der Waals surface area contributed by atoms with Crippen molar-refractivity contribution in [1.29, 1.82) is 0 Å². The molecular weight excluding hydrogens is 494 g/mol. The Hall–Kier alpha value is -3.03. The van der Waals surface area contributed by atoms with Gasteiger partial charge < -0.3 is 15.4 Å². The molecule has 0 atom stereocenters. The predicted molar refractivity (Wildman–Crippen MR) is 132 cm³/mol. The van der Waals surface area contributed by atoms with Crippen molar-refractivity contribution < 1.29 is 14.3 Å². The molecule has 3 aromatic rings. The summed E-state index contributed by atoms with van der Waals surface area (Å²) in [7, 11) is 1.59. The number of carbonyl (C=O) groups is 2. The van der Waals surface area contributed by atoms with Crippen LogP contribution in [-0.2, 0) is 0 Å². The van der Waals surface area contributed by atoms with Gasteiger partial charge in [0.05, 0.1) is 7.11 Å². The Morgan fingerprint density at radius 2 is 1.75 bits per heavy atom. The number of hydrogen-bond acceptors (Lipinski definition) is 3. The van der Waals surface area contributed by atoms with Crippen LogP contribution in [0.2, 0.25) is 5.02 Å². The van der Waals surface area contributed by atoms with Gasteiger partial charge in [0.1, 0.15) is 5.75 Å². The number of halogens is 2. The second kappa shape index (κ2) is 11.5. The van der Waals surface area contributed by atoms with Crippen LogP contribution in [0.1, 0.15) is 16.8 Å². The van der Waals surface area contributed by atoms with Gasteiger partial charge in [-0.15, -0.1) is 0 Å². The zero-order chi connectivity index (χ0) is 22.9. The van der Waals surface area contributed by atoms with Crippen molar-refractivity contribution in [2.24, 2.45) is 0 Å². The normalized spacial score (nSPS) is 10.3. The van der Waals surface area contributed by atoms with Gasteiger partial charge in [-0.25, -0.2) is 4.79 Å². The molecule has 0 radical (unpaired) electrons. The molecule has 6 nitrogen and oxygen atoms in total. The van der Waals surface area contributed by atoms with Gasteiger partial charge in [0, 0.05) is 39.5 Å². The lowest BCUT2D eigenvalue weighted by Gasteiger charge is -2.23. The van der Waals surface area contributed by atoms with Crippen LogP contribution in [0.3, 0.4) is 0 Å². The van der Waals surface area contributed by atoms with E-state index in [0.717, 1.165) is 4.47 Å². The fraction of sp³-hybridized carbons (Fsp3) is 0.167. The van der Waals surface area contributed by atoms with Crippen molar-refractivity contribution in [3.8, 4) is 5.75 Å². The molecule has 0 aliphatic heterocycles. The first-order valence-electron chi connectivity index (χ1n) is 9.98. The van der Waals surface area contributed by atoms with Crippen molar-refractivity contribution in [1.82, 2.24) is 5.32 Å². The van der Waals surface area contributed by atoms with E-state index < -0.39 is 0 Å². The van der Waals surface area contributed by atoms with Crippen LogP contribution >= 0.6 is 27.5 Å². The molecular formula is C24H23BrClN3O3. The molecule has 0 spiro atoms. The molecule has 0 bridgehead atoms. The molecule has 0 fully saturated rings. The van der Waals surface area contributed by atoms with Crippen LogP contribution in [-0.4, -0.2) is 32.1 Å². The number of rotatable bonds is 8. The van der Waals surface area contributed by atoms with E-state index in [-0.39, 0.29) is 11.9 Å². The van der Waals surface area contributed by atoms with Crippen molar-refractivity contribution in [2.45, 2.75) is 6.42 Å². The lowest BCUT2D eigenvalue weighted by Crippen LogP contribution is -2.37. The molecule has 0 aliphatic rings. The predicted octanol–water partition coefficient (Wildman–Crippen LogP) is 5.97. The van der Waals surface area contributed by atoms with Crippen LogP contribution in [0.15, 0.2) is 77.3 Å². The van der Waals surface area contributed by atoms with Crippen LogP contribution in [0.4, 0.5) is 16.2 Å². The zero-order valence-electron chi connectivity index (χ0n) is 17.5. The monoisotopic (exact) mass is 515 g/mol. The van der Waals surface area contributed by atoms with Gasteiger partial charge in [0.25, 0.3) is 5.91 Å². The summed E-state index contributed by atoms with van der Waals surface area (Å²) in [4.78, 5) is 26.9. The third-order valence-corrected chi connectivity index (χ3v) is 5.42. The lowest BCUT2D eigenvalue weighted by molar-refractivity contribution is 0.0953. The maximum atomic E-state index is 13.0. The Morgan fingerprint density at radius 1 is 1.03 bits per heavy atom. The number of hydrogen-bond donors (Lipinski definition) is 2. The summed E-state index contributed by atoms with van der Waals surface area (Å²) in [5, 5.41) is 6.30. The lowest BCUT2D eigenvalue weighted by atomic mass is 10.2. The summed E-state index contributed by atoms with van der Waals surface area (Å²) in [6.45, 7) is 0.825. The zero-order valence-corrected chi connectivity index (χ0v) is 19.8. The van der Waals surface area contributed by atoms with Gasteiger partial charge in [-0.05, 0) is 73.2 Å². The molecule has 166 valence electrons. The molecule has 0 aliphatic carbocycles. The van der Waals surface area contributed by atoms with Gasteiger partial charge >= 0.3 is 6.03 Å². The van der Waals surface area contributed by atoms with Gasteiger partial charge in [0.15, 0.2) is 0 Å². The quantitative estimate of drug-likeness (QED) is 0.362. The molecule has 3 aromatic carbocycles. The Kier molecular flexibility index (Phi) is 8.53. The first-order valence-corrected chi connectivity index (χ1v) is 11.2. The molecule has 0 unspecified atom stereocenters. The van der Waals surface area contributed by atoms with E-state index in [2.05, 4.69) is 26.6 Å². The minimum Gasteiger partial charge on any atom is -0.497 e. The van der Waals surface area contributed by atoms with Gasteiger partial charge in [-0.2, -0.15) is 0 Å². The number of urea groups is 1. The smallest absolute Gasteiger partial charge is 0.326 e. The number of nitrogens with one attached hydrogen (secondary N) is 2. The summed E-state index contributed by atoms with van der Waals surface area (Å²) in [6, 6.07) is 21.0. The largest absolute Gasteiger partial charge is 0.497 e. The molecule has 2 N–H and O–H groups in total. The number of benzene rings is 3. The maximum Gasteiger partial charge on any atom is 0.326 e. The topological polar surface area (TPSA) is 70.7 Å². The van der Waals surface area contributed by atoms with E-state index in [1.807, 2.05) is 24.3 Å². The highest BCUT2D eigenvalue weighted by Crippen LogP contribution is 2.22. The number of carbonyl (C=O) groups excluding carboxylic acids is 2. The average molecular weight is 517 g/mol. The van der Waals surface area contributed by atoms with Crippen molar-refractivity contribution in [2.75, 3.05) is 30.4 Å². The van der Waals surface area contributed by atoms with E-state index in [1.165, 1.54) is 0 Å². The molecule has 32 heavy (non-hydrogen) atoms. The summed E-state index contributed by atoms with van der Waals surface area (Å²) in [6.07, 6.45) is 0.567. The summed E-state index contributed by atoms with van der Waals surface area (Å²) >= 11 is 9.38. The maximum absolute atomic E-state index is 13.0. The van der Waals surface area contributed by atoms with Crippen molar-refractivity contribution >= 4 is 50.8 Å². The fourth-order valence-corrected chi connectivity index (χ4v) is 3.46. The Labute approximate surface area is 200 Å². The van der Waals surface area contributed by atoms with E-state index in [4.69, 9.17) is 16.3 Å². The molecule has 0 aromatic heterocycles. The van der Waals surface area contributed by atoms with Crippen LogP contribution in [0, 0.1) is 0 Å². The Bertz CT molecular complexity index is 1060. The second-order valence-corrected chi connectivity index (χ2v) is 8.26. The molecule has 3 amide bonds. The first-order chi connectivity index (χ1) is 15.5. The number of nitrogens with zero attached hydrogens (tertiary/aromatic N) is 1. The number of ether oxygens (including phenoxy) is 1.